The zero-order chi connectivity index (χ0) is 27.0. The van der Waals surface area contributed by atoms with Crippen LogP contribution in [0.2, 0.25) is 0 Å². The highest BCUT2D eigenvalue weighted by Crippen LogP contribution is 2.41. The predicted molar refractivity (Wildman–Crippen MR) is 130 cm³/mol. The molecule has 4 atom stereocenters. The number of carbonyl (C=O) groups excluding carboxylic acids is 4. The van der Waals surface area contributed by atoms with Crippen molar-refractivity contribution in [2.45, 2.75) is 71.2 Å². The summed E-state index contributed by atoms with van der Waals surface area (Å²) in [6.07, 6.45) is -0.326. The minimum atomic E-state index is -1.36. The molecule has 200 valence electrons. The van der Waals surface area contributed by atoms with Gasteiger partial charge in [-0.2, -0.15) is 0 Å². The number of aromatic hydroxyl groups is 1. The maximum atomic E-state index is 13.7. The maximum Gasteiger partial charge on any atom is 0.408 e. The van der Waals surface area contributed by atoms with Gasteiger partial charge in [0.25, 0.3) is 0 Å². The number of ether oxygens (including phenoxy) is 2. The fourth-order valence-corrected chi connectivity index (χ4v) is 3.74. The number of hydrogen-bond acceptors (Lipinski definition) is 8. The first-order chi connectivity index (χ1) is 16.9. The summed E-state index contributed by atoms with van der Waals surface area (Å²) in [5.74, 6) is -1.75. The highest BCUT2D eigenvalue weighted by atomic mass is 16.6. The molecule has 1 aromatic carbocycles. The lowest BCUT2D eigenvalue weighted by atomic mass is 10.0. The van der Waals surface area contributed by atoms with Crippen LogP contribution >= 0.6 is 0 Å². The van der Waals surface area contributed by atoms with E-state index in [1.165, 1.54) is 17.0 Å². The lowest BCUT2D eigenvalue weighted by Crippen LogP contribution is -2.55. The van der Waals surface area contributed by atoms with Crippen molar-refractivity contribution < 1.29 is 38.9 Å². The molecule has 1 aliphatic carbocycles. The summed E-state index contributed by atoms with van der Waals surface area (Å²) >= 11 is 0. The Kier molecular flexibility index (Phi) is 10.1. The monoisotopic (exact) mass is 507 g/mol. The molecule has 0 heterocycles. The van der Waals surface area contributed by atoms with Crippen molar-refractivity contribution in [2.75, 3.05) is 19.8 Å². The maximum absolute atomic E-state index is 13.7. The zero-order valence-electron chi connectivity index (χ0n) is 21.4. The molecule has 1 fully saturated rings. The quantitative estimate of drug-likeness (QED) is 0.330. The molecule has 3 amide bonds. The van der Waals surface area contributed by atoms with Crippen molar-refractivity contribution in [3.05, 3.63) is 29.8 Å². The van der Waals surface area contributed by atoms with Gasteiger partial charge in [0.05, 0.1) is 19.6 Å². The summed E-state index contributed by atoms with van der Waals surface area (Å²) in [4.78, 5) is 52.4. The first-order valence-electron chi connectivity index (χ1n) is 12.0. The largest absolute Gasteiger partial charge is 0.508 e. The van der Waals surface area contributed by atoms with E-state index >= 15 is 0 Å². The molecule has 0 spiro atoms. The third-order valence-corrected chi connectivity index (χ3v) is 5.50. The Morgan fingerprint density at radius 3 is 2.42 bits per heavy atom. The first-order valence-corrected chi connectivity index (χ1v) is 12.0. The number of benzene rings is 1. The Morgan fingerprint density at radius 2 is 1.89 bits per heavy atom. The molecular formula is C25H37N3O8. The molecular weight excluding hydrogens is 470 g/mol. The van der Waals surface area contributed by atoms with Crippen molar-refractivity contribution >= 4 is 23.9 Å². The second kappa shape index (κ2) is 12.6. The summed E-state index contributed by atoms with van der Waals surface area (Å²) in [6.45, 7) is 8.07. The Morgan fingerprint density at radius 1 is 1.22 bits per heavy atom. The van der Waals surface area contributed by atoms with Crippen molar-refractivity contribution in [3.63, 3.8) is 0 Å². The van der Waals surface area contributed by atoms with Gasteiger partial charge in [-0.3, -0.25) is 14.4 Å². The molecule has 1 aromatic rings. The molecule has 1 saturated carbocycles. The van der Waals surface area contributed by atoms with Gasteiger partial charge >= 0.3 is 12.1 Å². The Hall–Kier alpha value is -3.34. The van der Waals surface area contributed by atoms with Crippen LogP contribution in [0.15, 0.2) is 24.3 Å². The molecule has 0 aliphatic heterocycles. The molecule has 4 N–H and O–H groups in total. The molecule has 0 aromatic heterocycles. The van der Waals surface area contributed by atoms with Gasteiger partial charge in [0.1, 0.15) is 23.4 Å². The van der Waals surface area contributed by atoms with Crippen LogP contribution in [-0.2, 0) is 23.9 Å². The van der Waals surface area contributed by atoms with Gasteiger partial charge in [0.15, 0.2) is 0 Å². The van der Waals surface area contributed by atoms with Crippen LogP contribution in [0.3, 0.4) is 0 Å². The molecule has 1 aliphatic rings. The van der Waals surface area contributed by atoms with Gasteiger partial charge in [-0.25, -0.2) is 4.79 Å². The molecule has 0 saturated heterocycles. The standard InChI is InChI=1S/C25H37N3O8/c1-6-35-20(31)10-11-26-22(32)21(16-8-7-9-17(30)13-16)28(19-12-15(19)2)23(33)18(14-29)27-24(34)36-25(3,4)5/h7-9,13,15,18-19,21,29-30H,6,10-12,14H2,1-5H3,(H,26,32)(H,27,34). The fraction of sp³-hybridized carbons (Fsp3) is 0.600. The number of amides is 3. The number of alkyl carbamates (subject to hydrolysis) is 1. The number of rotatable bonds is 11. The number of phenolic OH excluding ortho intramolecular Hbond substituents is 1. The van der Waals surface area contributed by atoms with Crippen LogP contribution in [0.1, 0.15) is 59.1 Å². The van der Waals surface area contributed by atoms with Crippen LogP contribution < -0.4 is 10.6 Å². The first kappa shape index (κ1) is 28.9. The topological polar surface area (TPSA) is 154 Å². The fourth-order valence-electron chi connectivity index (χ4n) is 3.74. The second-order valence-electron chi connectivity index (χ2n) is 9.75. The Bertz CT molecular complexity index is 945. The molecule has 0 radical (unpaired) electrons. The van der Waals surface area contributed by atoms with E-state index in [9.17, 15) is 29.4 Å². The number of nitrogens with zero attached hydrogens (tertiary/aromatic N) is 1. The van der Waals surface area contributed by atoms with E-state index in [1.54, 1.807) is 39.8 Å². The number of esters is 1. The van der Waals surface area contributed by atoms with Gasteiger partial charge in [-0.05, 0) is 57.7 Å². The van der Waals surface area contributed by atoms with E-state index in [0.29, 0.717) is 12.0 Å². The number of aliphatic hydroxyl groups is 1. The minimum absolute atomic E-state index is 0.0190. The van der Waals surface area contributed by atoms with Crippen molar-refractivity contribution in [1.29, 1.82) is 0 Å². The summed E-state index contributed by atoms with van der Waals surface area (Å²) in [5, 5.41) is 25.0. The van der Waals surface area contributed by atoms with E-state index in [1.807, 2.05) is 6.92 Å². The van der Waals surface area contributed by atoms with Crippen molar-refractivity contribution in [3.8, 4) is 5.75 Å². The number of nitrogens with one attached hydrogen (secondary N) is 2. The van der Waals surface area contributed by atoms with Gasteiger partial charge in [0.2, 0.25) is 11.8 Å². The van der Waals surface area contributed by atoms with E-state index in [2.05, 4.69) is 10.6 Å². The Balaban J connectivity index is 2.35. The molecule has 11 heteroatoms. The Labute approximate surface area is 211 Å². The van der Waals surface area contributed by atoms with E-state index in [-0.39, 0.29) is 37.3 Å². The number of aliphatic hydroxyl groups excluding tert-OH is 1. The average molecular weight is 508 g/mol. The van der Waals surface area contributed by atoms with E-state index in [0.717, 1.165) is 0 Å². The highest BCUT2D eigenvalue weighted by Gasteiger charge is 2.48. The van der Waals surface area contributed by atoms with Crippen LogP contribution in [0.5, 0.6) is 5.75 Å². The lowest BCUT2D eigenvalue weighted by molar-refractivity contribution is -0.145. The molecule has 2 rings (SSSR count). The van der Waals surface area contributed by atoms with Gasteiger partial charge < -0.3 is 35.2 Å². The van der Waals surface area contributed by atoms with Crippen LogP contribution in [0, 0.1) is 5.92 Å². The summed E-state index contributed by atoms with van der Waals surface area (Å²) in [7, 11) is 0. The molecule has 11 nitrogen and oxygen atoms in total. The van der Waals surface area contributed by atoms with Crippen molar-refractivity contribution in [1.82, 2.24) is 15.5 Å². The van der Waals surface area contributed by atoms with Gasteiger partial charge in [-0.1, -0.05) is 19.1 Å². The third-order valence-electron chi connectivity index (χ3n) is 5.50. The summed E-state index contributed by atoms with van der Waals surface area (Å²) in [5.41, 5.74) is -0.481. The van der Waals surface area contributed by atoms with Crippen molar-refractivity contribution in [2.24, 2.45) is 5.92 Å². The van der Waals surface area contributed by atoms with Gasteiger partial charge in [0, 0.05) is 12.6 Å². The minimum Gasteiger partial charge on any atom is -0.508 e. The van der Waals surface area contributed by atoms with Crippen LogP contribution in [0.4, 0.5) is 4.79 Å². The highest BCUT2D eigenvalue weighted by molar-refractivity contribution is 5.93. The number of carbonyl (C=O) groups is 4. The zero-order valence-corrected chi connectivity index (χ0v) is 21.4. The third kappa shape index (κ3) is 8.40. The normalized spacial score (nSPS) is 18.4. The summed E-state index contributed by atoms with van der Waals surface area (Å²) < 4.78 is 10.1. The smallest absolute Gasteiger partial charge is 0.408 e. The molecule has 0 bridgehead atoms. The predicted octanol–water partition coefficient (Wildman–Crippen LogP) is 1.63. The molecule has 36 heavy (non-hydrogen) atoms. The number of hydrogen-bond donors (Lipinski definition) is 4. The average Bonchev–Trinajstić information content (AvgIpc) is 3.49. The number of phenols is 1. The van der Waals surface area contributed by atoms with E-state index in [4.69, 9.17) is 9.47 Å². The lowest BCUT2D eigenvalue weighted by Gasteiger charge is -2.34. The van der Waals surface area contributed by atoms with E-state index < -0.39 is 48.2 Å². The van der Waals surface area contributed by atoms with Crippen LogP contribution in [0.25, 0.3) is 0 Å². The van der Waals surface area contributed by atoms with Gasteiger partial charge in [-0.15, -0.1) is 0 Å². The summed E-state index contributed by atoms with van der Waals surface area (Å²) in [6, 6.07) is 3.07. The second-order valence-corrected chi connectivity index (χ2v) is 9.75. The van der Waals surface area contributed by atoms with Crippen LogP contribution in [-0.4, -0.2) is 76.4 Å². The molecule has 4 unspecified atom stereocenters. The SMILES string of the molecule is CCOC(=O)CCNC(=O)C(c1cccc(O)c1)N(C(=O)C(CO)NC(=O)OC(C)(C)C)C1CC1C.